The van der Waals surface area contributed by atoms with Gasteiger partial charge in [0.2, 0.25) is 0 Å². The molecule has 0 aliphatic carbocycles. The maximum Gasteiger partial charge on any atom is 0.128 e. The molecule has 1 N–H and O–H groups in total. The fraction of sp³-hybridized carbons (Fsp3) is 0.500. The molecule has 0 saturated heterocycles. The fourth-order valence-corrected chi connectivity index (χ4v) is 1.83. The maximum atomic E-state index is 13.5. The van der Waals surface area contributed by atoms with E-state index in [0.29, 0.717) is 18.8 Å². The average Bonchev–Trinajstić information content (AvgIpc) is 2.27. The highest BCUT2D eigenvalue weighted by Gasteiger charge is 2.10. The lowest BCUT2D eigenvalue weighted by Crippen LogP contribution is -2.24. The summed E-state index contributed by atoms with van der Waals surface area (Å²) in [6, 6.07) is 4.96. The molecule has 1 aromatic carbocycles. The van der Waals surface area contributed by atoms with Gasteiger partial charge in [0.05, 0.1) is 6.61 Å². The van der Waals surface area contributed by atoms with Crippen molar-refractivity contribution < 1.29 is 9.13 Å². The van der Waals surface area contributed by atoms with Gasteiger partial charge >= 0.3 is 0 Å². The van der Waals surface area contributed by atoms with Crippen LogP contribution < -0.4 is 5.32 Å². The zero-order valence-electron chi connectivity index (χ0n) is 9.59. The molecule has 16 heavy (non-hydrogen) atoms. The van der Waals surface area contributed by atoms with E-state index in [9.17, 15) is 4.39 Å². The Hall–Kier alpha value is -0.450. The van der Waals surface area contributed by atoms with Crippen molar-refractivity contribution in [2.24, 2.45) is 0 Å². The first kappa shape index (κ1) is 13.6. The summed E-state index contributed by atoms with van der Waals surface area (Å²) in [5.41, 5.74) is 0.672. The summed E-state index contributed by atoms with van der Waals surface area (Å²) in [6.07, 6.45) is 0. The SMILES string of the molecule is CCOCCNC(C)c1cc(Br)ccc1F. The van der Waals surface area contributed by atoms with Crippen LogP contribution in [0.1, 0.15) is 25.5 Å². The standard InChI is InChI=1S/C12H17BrFNO/c1-3-16-7-6-15-9(2)11-8-10(13)4-5-12(11)14/h4-5,8-9,15H,3,6-7H2,1-2H3. The van der Waals surface area contributed by atoms with Gasteiger partial charge in [-0.2, -0.15) is 0 Å². The van der Waals surface area contributed by atoms with Crippen LogP contribution in [0.2, 0.25) is 0 Å². The van der Waals surface area contributed by atoms with E-state index in [0.717, 1.165) is 11.0 Å². The fourth-order valence-electron chi connectivity index (χ4n) is 1.45. The molecule has 0 spiro atoms. The molecule has 0 fully saturated rings. The van der Waals surface area contributed by atoms with E-state index >= 15 is 0 Å². The number of hydrogen-bond donors (Lipinski definition) is 1. The Morgan fingerprint density at radius 3 is 2.94 bits per heavy atom. The molecule has 0 aliphatic heterocycles. The van der Waals surface area contributed by atoms with Gasteiger partial charge in [-0.1, -0.05) is 15.9 Å². The lowest BCUT2D eigenvalue weighted by Gasteiger charge is -2.15. The van der Waals surface area contributed by atoms with Crippen LogP contribution in [0.15, 0.2) is 22.7 Å². The van der Waals surface area contributed by atoms with E-state index in [1.54, 1.807) is 12.1 Å². The van der Waals surface area contributed by atoms with Gasteiger partial charge in [0, 0.05) is 29.2 Å². The van der Waals surface area contributed by atoms with Crippen LogP contribution in [0.4, 0.5) is 4.39 Å². The van der Waals surface area contributed by atoms with Crippen LogP contribution in [0.3, 0.4) is 0 Å². The van der Waals surface area contributed by atoms with E-state index in [1.165, 1.54) is 6.07 Å². The first-order valence-electron chi connectivity index (χ1n) is 5.41. The zero-order valence-corrected chi connectivity index (χ0v) is 11.2. The van der Waals surface area contributed by atoms with Gasteiger partial charge in [-0.05, 0) is 32.0 Å². The minimum atomic E-state index is -0.181. The lowest BCUT2D eigenvalue weighted by molar-refractivity contribution is 0.147. The molecule has 0 saturated carbocycles. The number of benzene rings is 1. The van der Waals surface area contributed by atoms with Crippen molar-refractivity contribution in [2.75, 3.05) is 19.8 Å². The number of nitrogens with one attached hydrogen (secondary N) is 1. The van der Waals surface area contributed by atoms with Crippen LogP contribution in [0.25, 0.3) is 0 Å². The molecule has 2 nitrogen and oxygen atoms in total. The maximum absolute atomic E-state index is 13.5. The normalized spacial score (nSPS) is 12.8. The monoisotopic (exact) mass is 289 g/mol. The largest absolute Gasteiger partial charge is 0.380 e. The smallest absolute Gasteiger partial charge is 0.128 e. The molecule has 0 aliphatic rings. The first-order valence-corrected chi connectivity index (χ1v) is 6.20. The van der Waals surface area contributed by atoms with E-state index in [4.69, 9.17) is 4.74 Å². The summed E-state index contributed by atoms with van der Waals surface area (Å²) >= 11 is 3.34. The van der Waals surface area contributed by atoms with Crippen molar-refractivity contribution >= 4 is 15.9 Å². The molecule has 1 rings (SSSR count). The molecule has 1 atom stereocenters. The first-order chi connectivity index (χ1) is 7.65. The second-order valence-electron chi connectivity index (χ2n) is 3.54. The van der Waals surface area contributed by atoms with Crippen LogP contribution in [-0.2, 0) is 4.74 Å². The highest BCUT2D eigenvalue weighted by Crippen LogP contribution is 2.21. The number of halogens is 2. The van der Waals surface area contributed by atoms with Crippen LogP contribution in [0.5, 0.6) is 0 Å². The molecule has 0 amide bonds. The Labute approximate surface area is 104 Å². The van der Waals surface area contributed by atoms with Gasteiger partial charge < -0.3 is 10.1 Å². The van der Waals surface area contributed by atoms with Gasteiger partial charge in [-0.25, -0.2) is 4.39 Å². The molecular formula is C12H17BrFNO. The third kappa shape index (κ3) is 4.20. The van der Waals surface area contributed by atoms with Crippen molar-refractivity contribution in [2.45, 2.75) is 19.9 Å². The lowest BCUT2D eigenvalue weighted by atomic mass is 10.1. The quantitative estimate of drug-likeness (QED) is 0.812. The summed E-state index contributed by atoms with van der Waals surface area (Å²) in [7, 11) is 0. The van der Waals surface area contributed by atoms with Gasteiger partial charge in [-0.15, -0.1) is 0 Å². The zero-order chi connectivity index (χ0) is 12.0. The number of rotatable bonds is 6. The van der Waals surface area contributed by atoms with Crippen molar-refractivity contribution in [3.05, 3.63) is 34.1 Å². The van der Waals surface area contributed by atoms with Gasteiger partial charge in [0.25, 0.3) is 0 Å². The van der Waals surface area contributed by atoms with Crippen LogP contribution in [-0.4, -0.2) is 19.8 Å². The Balaban J connectivity index is 2.51. The van der Waals surface area contributed by atoms with E-state index in [1.807, 2.05) is 13.8 Å². The van der Waals surface area contributed by atoms with Gasteiger partial charge in [0.1, 0.15) is 5.82 Å². The van der Waals surface area contributed by atoms with E-state index in [2.05, 4.69) is 21.2 Å². The van der Waals surface area contributed by atoms with E-state index in [-0.39, 0.29) is 11.9 Å². The summed E-state index contributed by atoms with van der Waals surface area (Å²) in [5, 5.41) is 3.22. The molecular weight excluding hydrogens is 273 g/mol. The molecule has 0 bridgehead atoms. The average molecular weight is 290 g/mol. The topological polar surface area (TPSA) is 21.3 Å². The third-order valence-electron chi connectivity index (χ3n) is 2.33. The van der Waals surface area contributed by atoms with Crippen molar-refractivity contribution in [1.29, 1.82) is 0 Å². The van der Waals surface area contributed by atoms with Crippen molar-refractivity contribution in [3.63, 3.8) is 0 Å². The molecule has 0 radical (unpaired) electrons. The summed E-state index contributed by atoms with van der Waals surface area (Å²) in [4.78, 5) is 0. The molecule has 0 heterocycles. The van der Waals surface area contributed by atoms with Gasteiger partial charge in [0.15, 0.2) is 0 Å². The minimum Gasteiger partial charge on any atom is -0.380 e. The number of hydrogen-bond acceptors (Lipinski definition) is 2. The highest BCUT2D eigenvalue weighted by molar-refractivity contribution is 9.10. The molecule has 4 heteroatoms. The summed E-state index contributed by atoms with van der Waals surface area (Å²) < 4.78 is 19.6. The van der Waals surface area contributed by atoms with Crippen molar-refractivity contribution in [3.8, 4) is 0 Å². The molecule has 1 aromatic rings. The van der Waals surface area contributed by atoms with Crippen LogP contribution >= 0.6 is 15.9 Å². The van der Waals surface area contributed by atoms with Gasteiger partial charge in [-0.3, -0.25) is 0 Å². The molecule has 0 aromatic heterocycles. The molecule has 1 unspecified atom stereocenters. The third-order valence-corrected chi connectivity index (χ3v) is 2.82. The number of ether oxygens (including phenoxy) is 1. The summed E-state index contributed by atoms with van der Waals surface area (Å²) in [5.74, 6) is -0.181. The predicted octanol–water partition coefficient (Wildman–Crippen LogP) is 3.28. The Morgan fingerprint density at radius 2 is 2.25 bits per heavy atom. The van der Waals surface area contributed by atoms with Crippen LogP contribution in [0, 0.1) is 5.82 Å². The predicted molar refractivity (Wildman–Crippen MR) is 67.0 cm³/mol. The second kappa shape index (κ2) is 6.99. The second-order valence-corrected chi connectivity index (χ2v) is 4.45. The Bertz CT molecular complexity index is 333. The molecule has 90 valence electrons. The van der Waals surface area contributed by atoms with E-state index < -0.39 is 0 Å². The summed E-state index contributed by atoms with van der Waals surface area (Å²) in [6.45, 7) is 5.98. The highest BCUT2D eigenvalue weighted by atomic mass is 79.9. The Kier molecular flexibility index (Phi) is 5.95. The minimum absolute atomic E-state index is 0.0158. The Morgan fingerprint density at radius 1 is 1.50 bits per heavy atom. The van der Waals surface area contributed by atoms with Crippen molar-refractivity contribution in [1.82, 2.24) is 5.32 Å².